The molecule has 18 heavy (non-hydrogen) atoms. The SMILES string of the molecule is Cl.Fc1ccc2c(c1)CC[C@@H]1N=C3SCCN3[C@@H]21. The van der Waals surface area contributed by atoms with Crippen LogP contribution in [0.15, 0.2) is 23.2 Å². The zero-order valence-electron chi connectivity index (χ0n) is 9.80. The summed E-state index contributed by atoms with van der Waals surface area (Å²) in [6.07, 6.45) is 2.02. The summed E-state index contributed by atoms with van der Waals surface area (Å²) >= 11 is 1.86. The number of fused-ring (bicyclic) bond motifs is 5. The van der Waals surface area contributed by atoms with E-state index in [0.717, 1.165) is 25.1 Å². The fraction of sp³-hybridized carbons (Fsp3) is 0.462. The summed E-state index contributed by atoms with van der Waals surface area (Å²) in [6, 6.07) is 6.03. The summed E-state index contributed by atoms with van der Waals surface area (Å²) in [6.45, 7) is 1.08. The zero-order chi connectivity index (χ0) is 11.4. The molecule has 0 N–H and O–H groups in total. The van der Waals surface area contributed by atoms with Crippen LogP contribution in [-0.4, -0.2) is 28.4 Å². The van der Waals surface area contributed by atoms with E-state index in [-0.39, 0.29) is 18.2 Å². The average molecular weight is 285 g/mol. The van der Waals surface area contributed by atoms with Gasteiger partial charge in [0.15, 0.2) is 5.17 Å². The van der Waals surface area contributed by atoms with E-state index in [1.165, 1.54) is 16.3 Å². The molecule has 2 nitrogen and oxygen atoms in total. The fourth-order valence-corrected chi connectivity index (χ4v) is 4.23. The van der Waals surface area contributed by atoms with Gasteiger partial charge in [-0.1, -0.05) is 17.8 Å². The number of thioether (sulfide) groups is 1. The maximum atomic E-state index is 13.3. The fourth-order valence-electron chi connectivity index (χ4n) is 3.18. The van der Waals surface area contributed by atoms with Gasteiger partial charge in [-0.05, 0) is 36.1 Å². The van der Waals surface area contributed by atoms with Crippen molar-refractivity contribution in [3.05, 3.63) is 35.1 Å². The van der Waals surface area contributed by atoms with Gasteiger partial charge < -0.3 is 4.90 Å². The standard InChI is InChI=1S/C13H13FN2S.ClH/c14-9-2-3-10-8(7-9)1-4-11-12(10)16-5-6-17-13(16)15-11;/h2-3,7,11-12H,1,4-6H2;1H/t11-,12-;/m0./s1. The molecule has 4 rings (SSSR count). The molecule has 96 valence electrons. The van der Waals surface area contributed by atoms with Gasteiger partial charge in [-0.3, -0.25) is 4.99 Å². The van der Waals surface area contributed by atoms with Crippen molar-refractivity contribution < 1.29 is 4.39 Å². The molecular weight excluding hydrogens is 271 g/mol. The van der Waals surface area contributed by atoms with Gasteiger partial charge in [-0.2, -0.15) is 0 Å². The third-order valence-electron chi connectivity index (χ3n) is 3.92. The highest BCUT2D eigenvalue weighted by Gasteiger charge is 2.42. The summed E-state index contributed by atoms with van der Waals surface area (Å²) in [7, 11) is 0. The molecule has 0 saturated carbocycles. The van der Waals surface area contributed by atoms with Gasteiger partial charge in [0.2, 0.25) is 0 Å². The van der Waals surface area contributed by atoms with Crippen LogP contribution in [0.3, 0.4) is 0 Å². The molecule has 0 unspecified atom stereocenters. The van der Waals surface area contributed by atoms with Crippen LogP contribution in [0.5, 0.6) is 0 Å². The summed E-state index contributed by atoms with van der Waals surface area (Å²) < 4.78 is 13.3. The number of aryl methyl sites for hydroxylation is 1. The lowest BCUT2D eigenvalue weighted by molar-refractivity contribution is 0.308. The van der Waals surface area contributed by atoms with E-state index in [4.69, 9.17) is 4.99 Å². The summed E-state index contributed by atoms with van der Waals surface area (Å²) in [5.74, 6) is 1.02. The molecule has 1 fully saturated rings. The van der Waals surface area contributed by atoms with Crippen molar-refractivity contribution in [2.45, 2.75) is 24.9 Å². The lowest BCUT2D eigenvalue weighted by Crippen LogP contribution is -2.33. The first kappa shape index (κ1) is 12.3. The predicted molar refractivity (Wildman–Crippen MR) is 75.1 cm³/mol. The van der Waals surface area contributed by atoms with Crippen molar-refractivity contribution in [3.63, 3.8) is 0 Å². The number of benzene rings is 1. The van der Waals surface area contributed by atoms with E-state index >= 15 is 0 Å². The molecule has 0 amide bonds. The van der Waals surface area contributed by atoms with Crippen molar-refractivity contribution in [1.29, 1.82) is 0 Å². The molecule has 2 aliphatic heterocycles. The molecule has 0 bridgehead atoms. The minimum atomic E-state index is -0.114. The maximum Gasteiger partial charge on any atom is 0.160 e. The lowest BCUT2D eigenvalue weighted by atomic mass is 9.84. The van der Waals surface area contributed by atoms with E-state index in [9.17, 15) is 4.39 Å². The number of rotatable bonds is 0. The number of hydrogen-bond acceptors (Lipinski definition) is 3. The Kier molecular flexibility index (Phi) is 3.02. The highest BCUT2D eigenvalue weighted by Crippen LogP contribution is 2.44. The van der Waals surface area contributed by atoms with E-state index in [2.05, 4.69) is 4.90 Å². The smallest absolute Gasteiger partial charge is 0.160 e. The quantitative estimate of drug-likeness (QED) is 0.728. The number of nitrogens with zero attached hydrogens (tertiary/aromatic N) is 2. The predicted octanol–water partition coefficient (Wildman–Crippen LogP) is 3.02. The molecule has 1 saturated heterocycles. The molecule has 5 heteroatoms. The van der Waals surface area contributed by atoms with Gasteiger partial charge in [0, 0.05) is 12.3 Å². The van der Waals surface area contributed by atoms with Crippen LogP contribution in [0.25, 0.3) is 0 Å². The van der Waals surface area contributed by atoms with Crippen LogP contribution in [0.4, 0.5) is 4.39 Å². The molecule has 2 heterocycles. The molecule has 1 aliphatic carbocycles. The Balaban J connectivity index is 0.000001000. The largest absolute Gasteiger partial charge is 0.341 e. The Labute approximate surface area is 116 Å². The Morgan fingerprint density at radius 2 is 2.28 bits per heavy atom. The van der Waals surface area contributed by atoms with Gasteiger partial charge in [-0.15, -0.1) is 12.4 Å². The Morgan fingerprint density at radius 3 is 3.17 bits per heavy atom. The topological polar surface area (TPSA) is 15.6 Å². The van der Waals surface area contributed by atoms with E-state index < -0.39 is 0 Å². The third-order valence-corrected chi connectivity index (χ3v) is 4.90. The molecule has 1 aromatic rings. The highest BCUT2D eigenvalue weighted by atomic mass is 35.5. The molecule has 0 aromatic heterocycles. The zero-order valence-corrected chi connectivity index (χ0v) is 11.4. The average Bonchev–Trinajstić information content (AvgIpc) is 2.88. The van der Waals surface area contributed by atoms with Crippen molar-refractivity contribution in [1.82, 2.24) is 4.90 Å². The van der Waals surface area contributed by atoms with Gasteiger partial charge in [-0.25, -0.2) is 4.39 Å². The first-order valence-corrected chi connectivity index (χ1v) is 7.07. The molecular formula is C13H14ClFN2S. The van der Waals surface area contributed by atoms with Crippen molar-refractivity contribution in [3.8, 4) is 0 Å². The minimum Gasteiger partial charge on any atom is -0.341 e. The molecule has 2 atom stereocenters. The van der Waals surface area contributed by atoms with Gasteiger partial charge >= 0.3 is 0 Å². The van der Waals surface area contributed by atoms with Gasteiger partial charge in [0.1, 0.15) is 5.82 Å². The summed E-state index contributed by atoms with van der Waals surface area (Å²) in [5.41, 5.74) is 2.48. The monoisotopic (exact) mass is 284 g/mol. The summed E-state index contributed by atoms with van der Waals surface area (Å²) in [5, 5.41) is 1.21. The van der Waals surface area contributed by atoms with Crippen LogP contribution < -0.4 is 0 Å². The van der Waals surface area contributed by atoms with Crippen LogP contribution >= 0.6 is 24.2 Å². The van der Waals surface area contributed by atoms with Crippen LogP contribution in [-0.2, 0) is 6.42 Å². The Bertz CT molecular complexity index is 520. The molecule has 3 aliphatic rings. The second-order valence-electron chi connectivity index (χ2n) is 4.85. The van der Waals surface area contributed by atoms with Crippen LogP contribution in [0.2, 0.25) is 0 Å². The first-order chi connectivity index (χ1) is 8.33. The van der Waals surface area contributed by atoms with Crippen molar-refractivity contribution in [2.24, 2.45) is 4.99 Å². The Hall–Kier alpha value is -0.740. The molecule has 0 radical (unpaired) electrons. The van der Waals surface area contributed by atoms with Crippen LogP contribution in [0.1, 0.15) is 23.6 Å². The second kappa shape index (κ2) is 4.42. The van der Waals surface area contributed by atoms with E-state index in [0.29, 0.717) is 12.1 Å². The third kappa shape index (κ3) is 1.66. The number of aliphatic imine (C=N–C) groups is 1. The number of halogens is 2. The normalized spacial score (nSPS) is 28.1. The minimum absolute atomic E-state index is 0. The first-order valence-electron chi connectivity index (χ1n) is 6.08. The lowest BCUT2D eigenvalue weighted by Gasteiger charge is -2.32. The van der Waals surface area contributed by atoms with Gasteiger partial charge in [0.25, 0.3) is 0 Å². The Morgan fingerprint density at radius 1 is 1.39 bits per heavy atom. The maximum absolute atomic E-state index is 13.3. The second-order valence-corrected chi connectivity index (χ2v) is 5.91. The highest BCUT2D eigenvalue weighted by molar-refractivity contribution is 8.14. The van der Waals surface area contributed by atoms with E-state index in [1.54, 1.807) is 12.1 Å². The number of amidine groups is 1. The molecule has 0 spiro atoms. The van der Waals surface area contributed by atoms with Gasteiger partial charge in [0.05, 0.1) is 12.1 Å². The van der Waals surface area contributed by atoms with Crippen LogP contribution in [0, 0.1) is 5.82 Å². The van der Waals surface area contributed by atoms with Crippen molar-refractivity contribution in [2.75, 3.05) is 12.3 Å². The van der Waals surface area contributed by atoms with Crippen molar-refractivity contribution >= 4 is 29.3 Å². The number of hydrogen-bond donors (Lipinski definition) is 0. The summed E-state index contributed by atoms with van der Waals surface area (Å²) in [4.78, 5) is 7.21. The molecule has 1 aromatic carbocycles. The van der Waals surface area contributed by atoms with E-state index in [1.807, 2.05) is 17.8 Å².